The van der Waals surface area contributed by atoms with Gasteiger partial charge in [-0.05, 0) is 5.75 Å². The van der Waals surface area contributed by atoms with Crippen molar-refractivity contribution in [2.45, 2.75) is 6.92 Å². The number of carbonyl (C=O) groups is 2. The van der Waals surface area contributed by atoms with E-state index in [1.165, 1.54) is 18.0 Å². The van der Waals surface area contributed by atoms with Crippen LogP contribution in [0.1, 0.15) is 27.6 Å². The molecule has 12 heavy (non-hydrogen) atoms. The third-order valence-corrected chi connectivity index (χ3v) is 2.17. The molecular formula is C8H9NO2S. The van der Waals surface area contributed by atoms with Crippen LogP contribution in [0, 0.1) is 0 Å². The van der Waals surface area contributed by atoms with Crippen molar-refractivity contribution in [2.24, 2.45) is 0 Å². The van der Waals surface area contributed by atoms with Crippen molar-refractivity contribution >= 4 is 23.2 Å². The van der Waals surface area contributed by atoms with Gasteiger partial charge in [0.05, 0.1) is 5.56 Å². The van der Waals surface area contributed by atoms with Gasteiger partial charge in [-0.2, -0.15) is 0 Å². The Hall–Kier alpha value is -1.03. The second-order valence-corrected chi connectivity index (χ2v) is 3.40. The zero-order chi connectivity index (χ0) is 8.97. The lowest BCUT2D eigenvalue weighted by Crippen LogP contribution is -1.95. The molecule has 1 heterocycles. The lowest BCUT2D eigenvalue weighted by atomic mass is 10.2. The first kappa shape index (κ1) is 9.06. The normalized spacial score (nSPS) is 9.75. The Kier molecular flexibility index (Phi) is 3.10. The van der Waals surface area contributed by atoms with Gasteiger partial charge in [-0.1, -0.05) is 18.7 Å². The summed E-state index contributed by atoms with van der Waals surface area (Å²) in [6, 6.07) is 0. The second kappa shape index (κ2) is 4.11. The van der Waals surface area contributed by atoms with E-state index in [0.29, 0.717) is 17.4 Å². The zero-order valence-electron chi connectivity index (χ0n) is 6.66. The van der Waals surface area contributed by atoms with E-state index in [0.717, 1.165) is 5.75 Å². The quantitative estimate of drug-likeness (QED) is 0.726. The summed E-state index contributed by atoms with van der Waals surface area (Å²) in [6.07, 6.45) is 3.76. The van der Waals surface area contributed by atoms with Crippen molar-refractivity contribution in [3.8, 4) is 0 Å². The van der Waals surface area contributed by atoms with E-state index in [-0.39, 0.29) is 5.12 Å². The molecule has 64 valence electrons. The standard InChI is InChI=1S/C8H9NO2S/c1-2-12-8(11)7-4-9-3-6(7)5-10/h3-5,9H,2H2,1H3. The van der Waals surface area contributed by atoms with Crippen molar-refractivity contribution in [3.05, 3.63) is 23.5 Å². The zero-order valence-corrected chi connectivity index (χ0v) is 7.48. The first-order valence-electron chi connectivity index (χ1n) is 3.58. The Balaban J connectivity index is 2.86. The maximum absolute atomic E-state index is 11.3. The highest BCUT2D eigenvalue weighted by Crippen LogP contribution is 2.14. The van der Waals surface area contributed by atoms with Gasteiger partial charge >= 0.3 is 0 Å². The molecule has 1 rings (SSSR count). The Bertz CT molecular complexity index is 293. The number of aromatic nitrogens is 1. The van der Waals surface area contributed by atoms with E-state index in [1.54, 1.807) is 6.20 Å². The maximum atomic E-state index is 11.3. The molecule has 3 nitrogen and oxygen atoms in total. The van der Waals surface area contributed by atoms with Crippen molar-refractivity contribution in [3.63, 3.8) is 0 Å². The fraction of sp³-hybridized carbons (Fsp3) is 0.250. The number of rotatable bonds is 3. The summed E-state index contributed by atoms with van der Waals surface area (Å²) < 4.78 is 0. The Morgan fingerprint density at radius 3 is 3.00 bits per heavy atom. The largest absolute Gasteiger partial charge is 0.366 e. The third kappa shape index (κ3) is 1.76. The molecule has 1 aromatic rings. The summed E-state index contributed by atoms with van der Waals surface area (Å²) in [5, 5.41) is -0.0548. The number of hydrogen-bond donors (Lipinski definition) is 1. The highest BCUT2D eigenvalue weighted by Gasteiger charge is 2.10. The van der Waals surface area contributed by atoms with Gasteiger partial charge in [-0.3, -0.25) is 9.59 Å². The summed E-state index contributed by atoms with van der Waals surface area (Å²) in [5.74, 6) is 0.725. The van der Waals surface area contributed by atoms with Crippen LogP contribution in [0.15, 0.2) is 12.4 Å². The van der Waals surface area contributed by atoms with Crippen LogP contribution in [0.3, 0.4) is 0 Å². The number of aldehydes is 1. The molecule has 0 amide bonds. The Morgan fingerprint density at radius 1 is 1.67 bits per heavy atom. The summed E-state index contributed by atoms with van der Waals surface area (Å²) in [6.45, 7) is 1.90. The van der Waals surface area contributed by atoms with Gasteiger partial charge in [-0.25, -0.2) is 0 Å². The number of H-pyrrole nitrogens is 1. The lowest BCUT2D eigenvalue weighted by Gasteiger charge is -1.93. The van der Waals surface area contributed by atoms with Crippen LogP contribution in [0.2, 0.25) is 0 Å². The molecule has 0 radical (unpaired) electrons. The van der Waals surface area contributed by atoms with Crippen molar-refractivity contribution in [1.82, 2.24) is 4.98 Å². The fourth-order valence-electron chi connectivity index (χ4n) is 0.859. The molecule has 0 aliphatic carbocycles. The summed E-state index contributed by atoms with van der Waals surface area (Å²) in [5.41, 5.74) is 0.901. The number of thioether (sulfide) groups is 1. The Morgan fingerprint density at radius 2 is 2.42 bits per heavy atom. The molecule has 0 unspecified atom stereocenters. The number of carbonyl (C=O) groups excluding carboxylic acids is 2. The molecule has 0 aromatic carbocycles. The van der Waals surface area contributed by atoms with E-state index in [1.807, 2.05) is 6.92 Å². The SMILES string of the molecule is CCSC(=O)c1c[nH]cc1C=O. The minimum Gasteiger partial charge on any atom is -0.366 e. The smallest absolute Gasteiger partial charge is 0.221 e. The molecule has 0 aliphatic rings. The van der Waals surface area contributed by atoms with E-state index in [9.17, 15) is 9.59 Å². The molecule has 0 bridgehead atoms. The van der Waals surface area contributed by atoms with Crippen LogP contribution in [0.25, 0.3) is 0 Å². The molecule has 1 N–H and O–H groups in total. The summed E-state index contributed by atoms with van der Waals surface area (Å²) in [4.78, 5) is 24.4. The molecule has 0 aliphatic heterocycles. The number of nitrogens with one attached hydrogen (secondary N) is 1. The van der Waals surface area contributed by atoms with Crippen LogP contribution < -0.4 is 0 Å². The molecule has 1 aromatic heterocycles. The summed E-state index contributed by atoms with van der Waals surface area (Å²) >= 11 is 1.20. The monoisotopic (exact) mass is 183 g/mol. The first-order valence-corrected chi connectivity index (χ1v) is 4.57. The average molecular weight is 183 g/mol. The van der Waals surface area contributed by atoms with Crippen molar-refractivity contribution < 1.29 is 9.59 Å². The predicted molar refractivity (Wildman–Crippen MR) is 48.6 cm³/mol. The van der Waals surface area contributed by atoms with Gasteiger partial charge in [0.25, 0.3) is 0 Å². The highest BCUT2D eigenvalue weighted by atomic mass is 32.2. The number of hydrogen-bond acceptors (Lipinski definition) is 3. The van der Waals surface area contributed by atoms with Gasteiger partial charge in [0, 0.05) is 18.0 Å². The van der Waals surface area contributed by atoms with Gasteiger partial charge < -0.3 is 4.98 Å². The van der Waals surface area contributed by atoms with Crippen LogP contribution in [0.5, 0.6) is 0 Å². The second-order valence-electron chi connectivity index (χ2n) is 2.16. The first-order chi connectivity index (χ1) is 5.79. The van der Waals surface area contributed by atoms with E-state index in [2.05, 4.69) is 4.98 Å². The molecule has 0 fully saturated rings. The molecule has 0 saturated heterocycles. The molecule has 0 saturated carbocycles. The minimum absolute atomic E-state index is 0.0548. The molecule has 0 atom stereocenters. The van der Waals surface area contributed by atoms with Gasteiger partial charge in [0.1, 0.15) is 0 Å². The Labute approximate surface area is 74.5 Å². The van der Waals surface area contributed by atoms with Crippen molar-refractivity contribution in [1.29, 1.82) is 0 Å². The molecule has 4 heteroatoms. The minimum atomic E-state index is -0.0548. The topological polar surface area (TPSA) is 49.9 Å². The van der Waals surface area contributed by atoms with Gasteiger partial charge in [0.15, 0.2) is 6.29 Å². The van der Waals surface area contributed by atoms with Gasteiger partial charge in [0.2, 0.25) is 5.12 Å². The lowest BCUT2D eigenvalue weighted by molar-refractivity contribution is 0.107. The van der Waals surface area contributed by atoms with E-state index < -0.39 is 0 Å². The summed E-state index contributed by atoms with van der Waals surface area (Å²) in [7, 11) is 0. The third-order valence-electron chi connectivity index (χ3n) is 1.40. The fourth-order valence-corrected chi connectivity index (χ4v) is 1.45. The molecule has 0 spiro atoms. The average Bonchev–Trinajstić information content (AvgIpc) is 2.51. The predicted octanol–water partition coefficient (Wildman–Crippen LogP) is 1.72. The van der Waals surface area contributed by atoms with E-state index >= 15 is 0 Å². The van der Waals surface area contributed by atoms with Gasteiger partial charge in [-0.15, -0.1) is 0 Å². The van der Waals surface area contributed by atoms with Crippen LogP contribution >= 0.6 is 11.8 Å². The maximum Gasteiger partial charge on any atom is 0.221 e. The van der Waals surface area contributed by atoms with Crippen LogP contribution in [-0.4, -0.2) is 22.1 Å². The highest BCUT2D eigenvalue weighted by molar-refractivity contribution is 8.14. The van der Waals surface area contributed by atoms with Crippen LogP contribution in [0.4, 0.5) is 0 Å². The molecular weight excluding hydrogens is 174 g/mol. The van der Waals surface area contributed by atoms with Crippen molar-refractivity contribution in [2.75, 3.05) is 5.75 Å². The number of aromatic amines is 1. The van der Waals surface area contributed by atoms with E-state index in [4.69, 9.17) is 0 Å². The van der Waals surface area contributed by atoms with Crippen LogP contribution in [-0.2, 0) is 0 Å².